The minimum Gasteiger partial charge on any atom is -0.469 e. The lowest BCUT2D eigenvalue weighted by atomic mass is 9.93. The molecule has 0 unspecified atom stereocenters. The van der Waals surface area contributed by atoms with Crippen molar-refractivity contribution < 1.29 is 9.21 Å². The highest BCUT2D eigenvalue weighted by molar-refractivity contribution is 5.92. The number of carbonyl (C=O) groups is 1. The fourth-order valence-electron chi connectivity index (χ4n) is 2.28. The van der Waals surface area contributed by atoms with E-state index in [-0.39, 0.29) is 11.9 Å². The molecule has 92 valence electrons. The largest absolute Gasteiger partial charge is 0.469 e. The Morgan fingerprint density at radius 2 is 2.39 bits per heavy atom. The van der Waals surface area contributed by atoms with Crippen molar-refractivity contribution in [2.24, 2.45) is 0 Å². The Bertz CT molecular complexity index is 550. The number of nitrogens with zero attached hydrogens (tertiary/aromatic N) is 2. The van der Waals surface area contributed by atoms with E-state index in [0.29, 0.717) is 5.69 Å². The number of carbonyl (C=O) groups excluding carboxylic acids is 1. The second-order valence-corrected chi connectivity index (χ2v) is 4.31. The van der Waals surface area contributed by atoms with E-state index >= 15 is 0 Å². The molecule has 3 rings (SSSR count). The van der Waals surface area contributed by atoms with Crippen LogP contribution in [0, 0.1) is 0 Å². The van der Waals surface area contributed by atoms with Gasteiger partial charge in [-0.05, 0) is 18.9 Å². The Kier molecular flexibility index (Phi) is 2.80. The normalized spacial score (nSPS) is 18.1. The molecular weight excluding hydrogens is 230 g/mol. The number of fused-ring (bicyclic) bond motifs is 1. The first-order valence-electron chi connectivity index (χ1n) is 5.98. The molecule has 1 amide bonds. The lowest BCUT2D eigenvalue weighted by molar-refractivity contribution is 0.0926. The molecule has 0 spiro atoms. The van der Waals surface area contributed by atoms with Gasteiger partial charge in [-0.2, -0.15) is 0 Å². The van der Waals surface area contributed by atoms with Crippen molar-refractivity contribution in [3.8, 4) is 0 Å². The van der Waals surface area contributed by atoms with Gasteiger partial charge in [-0.3, -0.25) is 9.78 Å². The molecule has 1 aliphatic rings. The van der Waals surface area contributed by atoms with Gasteiger partial charge in [0.05, 0.1) is 18.5 Å². The van der Waals surface area contributed by atoms with Crippen LogP contribution in [0.3, 0.4) is 0 Å². The second-order valence-electron chi connectivity index (χ2n) is 4.31. The molecule has 5 nitrogen and oxygen atoms in total. The molecule has 1 aliphatic carbocycles. The Morgan fingerprint density at radius 1 is 1.44 bits per heavy atom. The topological polar surface area (TPSA) is 68.0 Å². The standard InChI is InChI=1S/C13H13N3O2/c17-13(11-8-14-5-6-15-11)16-10-2-1-3-12-9(10)4-7-18-12/h4-8,10H,1-3H2,(H,16,17)/t10-/m0/s1. The van der Waals surface area contributed by atoms with Gasteiger partial charge in [0.1, 0.15) is 11.5 Å². The highest BCUT2D eigenvalue weighted by atomic mass is 16.3. The molecule has 0 aliphatic heterocycles. The molecule has 2 heterocycles. The maximum absolute atomic E-state index is 12.0. The maximum Gasteiger partial charge on any atom is 0.271 e. The molecule has 0 saturated carbocycles. The van der Waals surface area contributed by atoms with Crippen LogP contribution in [-0.2, 0) is 6.42 Å². The van der Waals surface area contributed by atoms with Gasteiger partial charge in [-0.25, -0.2) is 4.98 Å². The molecule has 1 atom stereocenters. The monoisotopic (exact) mass is 243 g/mol. The number of rotatable bonds is 2. The van der Waals surface area contributed by atoms with Crippen LogP contribution in [0.2, 0.25) is 0 Å². The summed E-state index contributed by atoms with van der Waals surface area (Å²) in [6.07, 6.45) is 9.10. The zero-order valence-corrected chi connectivity index (χ0v) is 9.80. The molecule has 0 aromatic carbocycles. The molecule has 0 saturated heterocycles. The van der Waals surface area contributed by atoms with Crippen LogP contribution in [0.25, 0.3) is 0 Å². The SMILES string of the molecule is O=C(N[C@H]1CCCc2occc21)c1cnccn1. The van der Waals surface area contributed by atoms with Crippen LogP contribution in [0.5, 0.6) is 0 Å². The third kappa shape index (κ3) is 1.99. The fourth-order valence-corrected chi connectivity index (χ4v) is 2.28. The molecule has 0 fully saturated rings. The summed E-state index contributed by atoms with van der Waals surface area (Å²) in [7, 11) is 0. The molecule has 5 heteroatoms. The van der Waals surface area contributed by atoms with E-state index in [0.717, 1.165) is 30.6 Å². The first-order valence-corrected chi connectivity index (χ1v) is 5.98. The average molecular weight is 243 g/mol. The van der Waals surface area contributed by atoms with Crippen LogP contribution >= 0.6 is 0 Å². The van der Waals surface area contributed by atoms with Gasteiger partial charge >= 0.3 is 0 Å². The van der Waals surface area contributed by atoms with Crippen LogP contribution in [0.4, 0.5) is 0 Å². The quantitative estimate of drug-likeness (QED) is 0.874. The van der Waals surface area contributed by atoms with Gasteiger partial charge in [0.15, 0.2) is 0 Å². The molecule has 1 N–H and O–H groups in total. The molecular formula is C13H13N3O2. The number of amides is 1. The second kappa shape index (κ2) is 4.60. The van der Waals surface area contributed by atoms with Crippen molar-refractivity contribution in [1.29, 1.82) is 0 Å². The minimum atomic E-state index is -0.192. The van der Waals surface area contributed by atoms with Gasteiger partial charge in [0.25, 0.3) is 5.91 Å². The summed E-state index contributed by atoms with van der Waals surface area (Å²) < 4.78 is 5.39. The van der Waals surface area contributed by atoms with E-state index in [9.17, 15) is 4.79 Å². The molecule has 0 radical (unpaired) electrons. The zero-order valence-electron chi connectivity index (χ0n) is 9.80. The predicted molar refractivity (Wildman–Crippen MR) is 63.9 cm³/mol. The van der Waals surface area contributed by atoms with Gasteiger partial charge in [0.2, 0.25) is 0 Å². The summed E-state index contributed by atoms with van der Waals surface area (Å²) in [5, 5.41) is 2.98. The van der Waals surface area contributed by atoms with Crippen molar-refractivity contribution in [2.75, 3.05) is 0 Å². The maximum atomic E-state index is 12.0. The van der Waals surface area contributed by atoms with E-state index in [2.05, 4.69) is 15.3 Å². The number of furan rings is 1. The number of hydrogen-bond acceptors (Lipinski definition) is 4. The van der Waals surface area contributed by atoms with E-state index < -0.39 is 0 Å². The number of aromatic nitrogens is 2. The number of aryl methyl sites for hydroxylation is 1. The molecule has 0 bridgehead atoms. The van der Waals surface area contributed by atoms with E-state index in [4.69, 9.17) is 4.42 Å². The van der Waals surface area contributed by atoms with Crippen LogP contribution in [-0.4, -0.2) is 15.9 Å². The molecule has 2 aromatic heterocycles. The summed E-state index contributed by atoms with van der Waals surface area (Å²) >= 11 is 0. The Hall–Kier alpha value is -2.17. The van der Waals surface area contributed by atoms with E-state index in [1.54, 1.807) is 12.5 Å². The first-order chi connectivity index (χ1) is 8.84. The minimum absolute atomic E-state index is 0.0157. The Morgan fingerprint density at radius 3 is 3.22 bits per heavy atom. The summed E-state index contributed by atoms with van der Waals surface area (Å²) in [4.78, 5) is 19.9. The van der Waals surface area contributed by atoms with Crippen molar-refractivity contribution in [2.45, 2.75) is 25.3 Å². The third-order valence-electron chi connectivity index (χ3n) is 3.15. The van der Waals surface area contributed by atoms with Crippen LogP contribution in [0.1, 0.15) is 40.7 Å². The molecule has 18 heavy (non-hydrogen) atoms. The van der Waals surface area contributed by atoms with Gasteiger partial charge in [0, 0.05) is 24.4 Å². The van der Waals surface area contributed by atoms with Gasteiger partial charge in [-0.1, -0.05) is 0 Å². The summed E-state index contributed by atoms with van der Waals surface area (Å²) in [6, 6.07) is 1.94. The van der Waals surface area contributed by atoms with Crippen molar-refractivity contribution in [1.82, 2.24) is 15.3 Å². The fraction of sp³-hybridized carbons (Fsp3) is 0.308. The van der Waals surface area contributed by atoms with Gasteiger partial charge < -0.3 is 9.73 Å². The van der Waals surface area contributed by atoms with Gasteiger partial charge in [-0.15, -0.1) is 0 Å². The average Bonchev–Trinajstić information content (AvgIpc) is 2.89. The Labute approximate surface area is 104 Å². The Balaban J connectivity index is 1.77. The summed E-state index contributed by atoms with van der Waals surface area (Å²) in [6.45, 7) is 0. The third-order valence-corrected chi connectivity index (χ3v) is 3.15. The first kappa shape index (κ1) is 11.0. The lowest BCUT2D eigenvalue weighted by Gasteiger charge is -2.22. The van der Waals surface area contributed by atoms with Crippen molar-refractivity contribution in [3.63, 3.8) is 0 Å². The predicted octanol–water partition coefficient (Wildman–Crippen LogP) is 1.88. The van der Waals surface area contributed by atoms with Crippen LogP contribution in [0.15, 0.2) is 35.3 Å². The highest BCUT2D eigenvalue weighted by Gasteiger charge is 2.24. The number of hydrogen-bond donors (Lipinski definition) is 1. The summed E-state index contributed by atoms with van der Waals surface area (Å²) in [5.74, 6) is 0.785. The molecule has 2 aromatic rings. The highest BCUT2D eigenvalue weighted by Crippen LogP contribution is 2.30. The van der Waals surface area contributed by atoms with Crippen molar-refractivity contribution >= 4 is 5.91 Å². The zero-order chi connectivity index (χ0) is 12.4. The summed E-state index contributed by atoms with van der Waals surface area (Å²) in [5.41, 5.74) is 1.42. The van der Waals surface area contributed by atoms with Crippen LogP contribution < -0.4 is 5.32 Å². The number of nitrogens with one attached hydrogen (secondary N) is 1. The smallest absolute Gasteiger partial charge is 0.271 e. The van der Waals surface area contributed by atoms with E-state index in [1.807, 2.05) is 6.07 Å². The lowest BCUT2D eigenvalue weighted by Crippen LogP contribution is -2.31. The van der Waals surface area contributed by atoms with E-state index in [1.165, 1.54) is 12.4 Å². The van der Waals surface area contributed by atoms with Crippen molar-refractivity contribution in [3.05, 3.63) is 47.9 Å².